The summed E-state index contributed by atoms with van der Waals surface area (Å²) in [7, 11) is 4.11. The van der Waals surface area contributed by atoms with Crippen molar-refractivity contribution >= 4 is 55.3 Å². The molecule has 0 saturated carbocycles. The maximum Gasteiger partial charge on any atom is 0.129 e. The topological polar surface area (TPSA) is 36.4 Å². The van der Waals surface area contributed by atoms with Crippen molar-refractivity contribution in [2.75, 3.05) is 19.0 Å². The van der Waals surface area contributed by atoms with Crippen LogP contribution in [0.25, 0.3) is 22.4 Å². The van der Waals surface area contributed by atoms with E-state index in [1.165, 1.54) is 16.0 Å². The largest absolute Gasteiger partial charge is 0.507 e. The predicted molar refractivity (Wildman–Crippen MR) is 103 cm³/mol. The Morgan fingerprint density at radius 3 is 2.65 bits per heavy atom. The molecule has 1 N–H and O–H groups in total. The van der Waals surface area contributed by atoms with Crippen LogP contribution in [-0.2, 0) is 0 Å². The highest BCUT2D eigenvalue weighted by molar-refractivity contribution is 9.10. The summed E-state index contributed by atoms with van der Waals surface area (Å²) in [5.74, 6) is 0.244. The lowest BCUT2D eigenvalue weighted by atomic mass is 10.2. The minimum Gasteiger partial charge on any atom is -0.507 e. The summed E-state index contributed by atoms with van der Waals surface area (Å²) in [6, 6.07) is 9.76. The third kappa shape index (κ3) is 3.41. The molecule has 0 spiro atoms. The molecule has 1 heterocycles. The van der Waals surface area contributed by atoms with Gasteiger partial charge in [-0.05, 0) is 64.3 Å². The number of hydrogen-bond donors (Lipinski definition) is 1. The van der Waals surface area contributed by atoms with Crippen LogP contribution in [0.15, 0.2) is 34.8 Å². The third-order valence-electron chi connectivity index (χ3n) is 3.59. The van der Waals surface area contributed by atoms with E-state index < -0.39 is 0 Å². The van der Waals surface area contributed by atoms with Gasteiger partial charge in [0.1, 0.15) is 10.8 Å². The summed E-state index contributed by atoms with van der Waals surface area (Å²) in [5.41, 5.74) is 4.49. The molecule has 3 aromatic rings. The average molecular weight is 389 g/mol. The van der Waals surface area contributed by atoms with Gasteiger partial charge in [0.2, 0.25) is 0 Å². The van der Waals surface area contributed by atoms with Crippen LogP contribution in [0, 0.1) is 6.92 Å². The zero-order valence-corrected chi connectivity index (χ0v) is 15.6. The number of phenols is 1. The average Bonchev–Trinajstić information content (AvgIpc) is 2.89. The van der Waals surface area contributed by atoms with Crippen molar-refractivity contribution in [3.8, 4) is 5.75 Å². The van der Waals surface area contributed by atoms with Crippen molar-refractivity contribution in [3.63, 3.8) is 0 Å². The zero-order valence-electron chi connectivity index (χ0n) is 13.2. The number of benzene rings is 2. The van der Waals surface area contributed by atoms with Crippen LogP contribution in [0.1, 0.15) is 16.1 Å². The van der Waals surface area contributed by atoms with Gasteiger partial charge in [-0.2, -0.15) is 0 Å². The molecule has 5 heteroatoms. The Morgan fingerprint density at radius 2 is 1.96 bits per heavy atom. The van der Waals surface area contributed by atoms with Crippen LogP contribution in [0.2, 0.25) is 0 Å². The minimum absolute atomic E-state index is 0.244. The fraction of sp³-hybridized carbons (Fsp3) is 0.167. The molecule has 2 aromatic carbocycles. The van der Waals surface area contributed by atoms with E-state index in [2.05, 4.69) is 59.0 Å². The lowest BCUT2D eigenvalue weighted by Gasteiger charge is -2.15. The van der Waals surface area contributed by atoms with Gasteiger partial charge in [0.15, 0.2) is 0 Å². The molecule has 0 radical (unpaired) electrons. The fourth-order valence-corrected chi connectivity index (χ4v) is 3.71. The predicted octanol–water partition coefficient (Wildman–Crippen LogP) is 5.31. The van der Waals surface area contributed by atoms with Gasteiger partial charge in [-0.25, -0.2) is 4.98 Å². The van der Waals surface area contributed by atoms with Crippen LogP contribution in [0.4, 0.5) is 5.69 Å². The number of thiazole rings is 1. The van der Waals surface area contributed by atoms with Gasteiger partial charge in [0, 0.05) is 19.8 Å². The van der Waals surface area contributed by atoms with E-state index in [1.807, 2.05) is 24.3 Å². The quantitative estimate of drug-likeness (QED) is 0.660. The highest BCUT2D eigenvalue weighted by atomic mass is 79.9. The summed E-state index contributed by atoms with van der Waals surface area (Å²) in [6.45, 7) is 2.11. The first-order valence-electron chi connectivity index (χ1n) is 7.19. The highest BCUT2D eigenvalue weighted by Gasteiger charge is 2.07. The number of nitrogens with zero attached hydrogens (tertiary/aromatic N) is 2. The number of phenolic OH excluding ortho intramolecular Hbond substituents is 1. The van der Waals surface area contributed by atoms with Gasteiger partial charge in [-0.15, -0.1) is 11.3 Å². The first-order chi connectivity index (χ1) is 10.9. The Morgan fingerprint density at radius 1 is 1.17 bits per heavy atom. The maximum absolute atomic E-state index is 9.54. The smallest absolute Gasteiger partial charge is 0.129 e. The summed E-state index contributed by atoms with van der Waals surface area (Å²) in [5, 5.41) is 10.5. The van der Waals surface area contributed by atoms with E-state index in [4.69, 9.17) is 0 Å². The molecular weight excluding hydrogens is 372 g/mol. The van der Waals surface area contributed by atoms with E-state index in [0.717, 1.165) is 16.1 Å². The van der Waals surface area contributed by atoms with Gasteiger partial charge >= 0.3 is 0 Å². The molecule has 0 atom stereocenters. The molecule has 23 heavy (non-hydrogen) atoms. The monoisotopic (exact) mass is 388 g/mol. The Balaban J connectivity index is 1.94. The number of aryl methyl sites for hydroxylation is 1. The summed E-state index contributed by atoms with van der Waals surface area (Å²) in [6.07, 6.45) is 4.01. The van der Waals surface area contributed by atoms with Crippen molar-refractivity contribution in [2.24, 2.45) is 0 Å². The number of anilines is 1. The Bertz CT molecular complexity index is 899. The maximum atomic E-state index is 9.54. The number of aromatic nitrogens is 1. The van der Waals surface area contributed by atoms with Gasteiger partial charge in [0.25, 0.3) is 0 Å². The molecular formula is C18H17BrN2OS. The third-order valence-corrected chi connectivity index (χ3v) is 5.21. The summed E-state index contributed by atoms with van der Waals surface area (Å²) < 4.78 is 1.88. The van der Waals surface area contributed by atoms with E-state index in [0.29, 0.717) is 4.47 Å². The molecule has 1 aromatic heterocycles. The molecule has 0 saturated heterocycles. The minimum atomic E-state index is 0.244. The number of aromatic hydroxyl groups is 1. The zero-order chi connectivity index (χ0) is 16.6. The fourth-order valence-electron chi connectivity index (χ4n) is 2.43. The van der Waals surface area contributed by atoms with Gasteiger partial charge < -0.3 is 10.0 Å². The lowest BCUT2D eigenvalue weighted by Crippen LogP contribution is -2.09. The van der Waals surface area contributed by atoms with Crippen LogP contribution in [0.5, 0.6) is 5.75 Å². The van der Waals surface area contributed by atoms with Crippen LogP contribution >= 0.6 is 27.3 Å². The van der Waals surface area contributed by atoms with Gasteiger partial charge in [-0.1, -0.05) is 12.1 Å². The molecule has 118 valence electrons. The number of hydrogen-bond acceptors (Lipinski definition) is 4. The molecule has 3 rings (SSSR count). The number of fused-ring (bicyclic) bond motifs is 1. The van der Waals surface area contributed by atoms with Crippen molar-refractivity contribution in [3.05, 3.63) is 50.9 Å². The van der Waals surface area contributed by atoms with Crippen LogP contribution in [-0.4, -0.2) is 24.2 Å². The normalized spacial score (nSPS) is 11.5. The van der Waals surface area contributed by atoms with Crippen molar-refractivity contribution < 1.29 is 5.11 Å². The molecule has 0 amide bonds. The Labute approximate surface area is 148 Å². The molecule has 3 nitrogen and oxygen atoms in total. The number of halogens is 1. The molecule has 0 fully saturated rings. The summed E-state index contributed by atoms with van der Waals surface area (Å²) in [4.78, 5) is 6.80. The SMILES string of the molecule is Cc1cc2nc(C=Cc3ccc(O)c(Br)c3)sc2cc1N(C)C. The highest BCUT2D eigenvalue weighted by Crippen LogP contribution is 2.30. The molecule has 0 bridgehead atoms. The van der Waals surface area contributed by atoms with E-state index >= 15 is 0 Å². The van der Waals surface area contributed by atoms with E-state index in [-0.39, 0.29) is 5.75 Å². The molecule has 0 aliphatic heterocycles. The first-order valence-corrected chi connectivity index (χ1v) is 8.80. The van der Waals surface area contributed by atoms with E-state index in [9.17, 15) is 5.11 Å². The van der Waals surface area contributed by atoms with Crippen LogP contribution < -0.4 is 4.90 Å². The lowest BCUT2D eigenvalue weighted by molar-refractivity contribution is 0.472. The second-order valence-electron chi connectivity index (χ2n) is 5.60. The Kier molecular flexibility index (Phi) is 4.41. The molecule has 0 aliphatic carbocycles. The van der Waals surface area contributed by atoms with Crippen molar-refractivity contribution in [2.45, 2.75) is 6.92 Å². The molecule has 0 aliphatic rings. The molecule has 0 unspecified atom stereocenters. The van der Waals surface area contributed by atoms with E-state index in [1.54, 1.807) is 17.4 Å². The second kappa shape index (κ2) is 6.34. The van der Waals surface area contributed by atoms with Gasteiger partial charge in [-0.3, -0.25) is 0 Å². The number of rotatable bonds is 3. The standard InChI is InChI=1S/C18H17BrN2OS/c1-11-8-14-17(10-15(11)21(2)3)23-18(20-14)7-5-12-4-6-16(22)13(19)9-12/h4-10,22H,1-3H3. The van der Waals surface area contributed by atoms with Crippen LogP contribution in [0.3, 0.4) is 0 Å². The summed E-state index contributed by atoms with van der Waals surface area (Å²) >= 11 is 5.01. The van der Waals surface area contributed by atoms with Crippen molar-refractivity contribution in [1.82, 2.24) is 4.98 Å². The Hall–Kier alpha value is -1.85. The first kappa shape index (κ1) is 16.0. The second-order valence-corrected chi connectivity index (χ2v) is 7.51. The van der Waals surface area contributed by atoms with Crippen molar-refractivity contribution in [1.29, 1.82) is 0 Å². The van der Waals surface area contributed by atoms with Gasteiger partial charge in [0.05, 0.1) is 14.7 Å².